The van der Waals surface area contributed by atoms with Crippen LogP contribution in [0.15, 0.2) is 18.2 Å². The average molecular weight is 218 g/mol. The third-order valence-corrected chi connectivity index (χ3v) is 3.16. The molecule has 0 spiro atoms. The first-order valence-electron chi connectivity index (χ1n) is 5.76. The van der Waals surface area contributed by atoms with E-state index in [1.807, 2.05) is 18.2 Å². The van der Waals surface area contributed by atoms with Gasteiger partial charge in [-0.25, -0.2) is 0 Å². The molecule has 3 N–H and O–H groups in total. The summed E-state index contributed by atoms with van der Waals surface area (Å²) in [6.07, 6.45) is 0.915. The van der Waals surface area contributed by atoms with Crippen LogP contribution in [0.3, 0.4) is 0 Å². The minimum Gasteiger partial charge on any atom is -0.352 e. The third-order valence-electron chi connectivity index (χ3n) is 3.16. The maximum atomic E-state index is 11.7. The van der Waals surface area contributed by atoms with E-state index in [2.05, 4.69) is 19.2 Å². The van der Waals surface area contributed by atoms with Crippen molar-refractivity contribution in [1.82, 2.24) is 5.32 Å². The lowest BCUT2D eigenvalue weighted by Gasteiger charge is -2.21. The molecule has 2 rings (SSSR count). The van der Waals surface area contributed by atoms with Crippen molar-refractivity contribution in [1.29, 1.82) is 0 Å². The first-order chi connectivity index (χ1) is 7.59. The molecule has 1 heterocycles. The van der Waals surface area contributed by atoms with E-state index in [1.54, 1.807) is 0 Å². The van der Waals surface area contributed by atoms with E-state index < -0.39 is 0 Å². The lowest BCUT2D eigenvalue weighted by Crippen LogP contribution is -2.32. The maximum Gasteiger partial charge on any atom is 0.251 e. The van der Waals surface area contributed by atoms with E-state index in [0.29, 0.717) is 5.92 Å². The van der Waals surface area contributed by atoms with Crippen molar-refractivity contribution < 1.29 is 4.79 Å². The summed E-state index contributed by atoms with van der Waals surface area (Å²) in [5.41, 5.74) is 9.05. The first kappa shape index (κ1) is 11.1. The van der Waals surface area contributed by atoms with Crippen LogP contribution in [0.2, 0.25) is 0 Å². The minimum absolute atomic E-state index is 0.0000246. The van der Waals surface area contributed by atoms with Crippen molar-refractivity contribution in [3.63, 3.8) is 0 Å². The predicted molar refractivity (Wildman–Crippen MR) is 64.2 cm³/mol. The van der Waals surface area contributed by atoms with E-state index in [4.69, 9.17) is 5.73 Å². The van der Waals surface area contributed by atoms with Crippen molar-refractivity contribution >= 4 is 5.91 Å². The van der Waals surface area contributed by atoms with Crippen molar-refractivity contribution in [2.45, 2.75) is 26.3 Å². The van der Waals surface area contributed by atoms with Crippen LogP contribution >= 0.6 is 0 Å². The normalized spacial score (nSPS) is 16.9. The Morgan fingerprint density at radius 2 is 2.12 bits per heavy atom. The lowest BCUT2D eigenvalue weighted by atomic mass is 9.91. The zero-order valence-electron chi connectivity index (χ0n) is 9.79. The van der Waals surface area contributed by atoms with Gasteiger partial charge >= 0.3 is 0 Å². The Morgan fingerprint density at radius 1 is 1.38 bits per heavy atom. The van der Waals surface area contributed by atoms with Crippen LogP contribution in [0, 0.1) is 5.92 Å². The number of amides is 1. The second-order valence-electron chi connectivity index (χ2n) is 4.69. The highest BCUT2D eigenvalue weighted by molar-refractivity contribution is 5.96. The molecular weight excluding hydrogens is 200 g/mol. The van der Waals surface area contributed by atoms with E-state index in [9.17, 15) is 4.79 Å². The molecule has 1 aromatic carbocycles. The molecule has 0 aromatic heterocycles. The number of benzene rings is 1. The van der Waals surface area contributed by atoms with Gasteiger partial charge in [-0.2, -0.15) is 0 Å². The van der Waals surface area contributed by atoms with E-state index >= 15 is 0 Å². The number of fused-ring (bicyclic) bond motifs is 1. The first-order valence-corrected chi connectivity index (χ1v) is 5.76. The summed E-state index contributed by atoms with van der Waals surface area (Å²) in [7, 11) is 0. The molecule has 1 aliphatic rings. The number of hydrogen-bond donors (Lipinski definition) is 2. The van der Waals surface area contributed by atoms with Gasteiger partial charge in [0.25, 0.3) is 5.91 Å². The molecule has 0 saturated carbocycles. The number of carbonyl (C=O) groups is 1. The van der Waals surface area contributed by atoms with E-state index in [-0.39, 0.29) is 11.9 Å². The molecule has 1 amide bonds. The van der Waals surface area contributed by atoms with E-state index in [0.717, 1.165) is 29.7 Å². The van der Waals surface area contributed by atoms with Crippen LogP contribution in [-0.2, 0) is 6.42 Å². The fourth-order valence-electron chi connectivity index (χ4n) is 2.02. The summed E-state index contributed by atoms with van der Waals surface area (Å²) in [5.74, 6) is 0.406. The predicted octanol–water partition coefficient (Wildman–Crippen LogP) is 1.63. The number of nitrogens with one attached hydrogen (secondary N) is 1. The summed E-state index contributed by atoms with van der Waals surface area (Å²) < 4.78 is 0. The van der Waals surface area contributed by atoms with Crippen LogP contribution in [0.5, 0.6) is 0 Å². The average Bonchev–Trinajstić information content (AvgIpc) is 2.28. The van der Waals surface area contributed by atoms with Gasteiger partial charge in [0, 0.05) is 18.2 Å². The summed E-state index contributed by atoms with van der Waals surface area (Å²) in [6.45, 7) is 4.91. The molecule has 3 nitrogen and oxygen atoms in total. The van der Waals surface area contributed by atoms with Crippen LogP contribution in [0.1, 0.15) is 41.4 Å². The Bertz CT molecular complexity index is 412. The Hall–Kier alpha value is -1.35. The lowest BCUT2D eigenvalue weighted by molar-refractivity contribution is 0.0946. The summed E-state index contributed by atoms with van der Waals surface area (Å²) in [4.78, 5) is 11.7. The summed E-state index contributed by atoms with van der Waals surface area (Å²) in [6, 6.07) is 6.02. The van der Waals surface area contributed by atoms with Gasteiger partial charge in [0.1, 0.15) is 0 Å². The van der Waals surface area contributed by atoms with Crippen LogP contribution in [-0.4, -0.2) is 12.5 Å². The number of rotatable bonds is 2. The molecule has 0 radical (unpaired) electrons. The molecule has 86 valence electrons. The molecule has 1 aliphatic heterocycles. The smallest absolute Gasteiger partial charge is 0.251 e. The van der Waals surface area contributed by atoms with Gasteiger partial charge in [0.15, 0.2) is 0 Å². The highest BCUT2D eigenvalue weighted by Gasteiger charge is 2.19. The highest BCUT2D eigenvalue weighted by Crippen LogP contribution is 2.23. The second kappa shape index (κ2) is 4.26. The third kappa shape index (κ3) is 1.95. The Kier molecular flexibility index (Phi) is 2.97. The fraction of sp³-hybridized carbons (Fsp3) is 0.462. The van der Waals surface area contributed by atoms with Crippen molar-refractivity contribution in [3.05, 3.63) is 34.9 Å². The van der Waals surface area contributed by atoms with Crippen LogP contribution in [0.25, 0.3) is 0 Å². The van der Waals surface area contributed by atoms with Gasteiger partial charge in [-0.3, -0.25) is 4.79 Å². The molecule has 3 heteroatoms. The molecule has 1 aromatic rings. The monoisotopic (exact) mass is 218 g/mol. The van der Waals surface area contributed by atoms with Crippen molar-refractivity contribution in [3.8, 4) is 0 Å². The number of carbonyl (C=O) groups excluding carboxylic acids is 1. The Labute approximate surface area is 96.0 Å². The summed E-state index contributed by atoms with van der Waals surface area (Å²) >= 11 is 0. The standard InChI is InChI=1S/C13H18N2O/c1-8(2)12(14)10-4-3-9-5-6-15-13(16)11(9)7-10/h3-4,7-8,12H,5-6,14H2,1-2H3,(H,15,16). The maximum absolute atomic E-state index is 11.7. The Balaban J connectivity index is 2.37. The topological polar surface area (TPSA) is 55.1 Å². The molecule has 1 unspecified atom stereocenters. The number of hydrogen-bond acceptors (Lipinski definition) is 2. The SMILES string of the molecule is CC(C)C(N)c1ccc2c(c1)C(=O)NCC2. The molecule has 0 aliphatic carbocycles. The quantitative estimate of drug-likeness (QED) is 0.792. The van der Waals surface area contributed by atoms with Gasteiger partial charge in [-0.1, -0.05) is 26.0 Å². The van der Waals surface area contributed by atoms with E-state index in [1.165, 1.54) is 0 Å². The number of nitrogens with two attached hydrogens (primary N) is 1. The molecule has 0 fully saturated rings. The molecule has 16 heavy (non-hydrogen) atoms. The summed E-state index contributed by atoms with van der Waals surface area (Å²) in [5, 5.41) is 2.85. The van der Waals surface area contributed by atoms with Crippen LogP contribution < -0.4 is 11.1 Å². The highest BCUT2D eigenvalue weighted by atomic mass is 16.1. The van der Waals surface area contributed by atoms with Gasteiger partial charge in [0.2, 0.25) is 0 Å². The minimum atomic E-state index is 0.0000246. The van der Waals surface area contributed by atoms with Crippen LogP contribution in [0.4, 0.5) is 0 Å². The Morgan fingerprint density at radius 3 is 2.81 bits per heavy atom. The molecule has 0 bridgehead atoms. The molecule has 0 saturated heterocycles. The van der Waals surface area contributed by atoms with Gasteiger partial charge in [-0.05, 0) is 29.5 Å². The molecular formula is C13H18N2O. The zero-order chi connectivity index (χ0) is 11.7. The van der Waals surface area contributed by atoms with Gasteiger partial charge < -0.3 is 11.1 Å². The molecule has 1 atom stereocenters. The fourth-order valence-corrected chi connectivity index (χ4v) is 2.02. The largest absolute Gasteiger partial charge is 0.352 e. The van der Waals surface area contributed by atoms with Crippen molar-refractivity contribution in [2.24, 2.45) is 11.7 Å². The second-order valence-corrected chi connectivity index (χ2v) is 4.69. The zero-order valence-corrected chi connectivity index (χ0v) is 9.79. The van der Waals surface area contributed by atoms with Gasteiger partial charge in [0.05, 0.1) is 0 Å². The van der Waals surface area contributed by atoms with Crippen molar-refractivity contribution in [2.75, 3.05) is 6.54 Å². The van der Waals surface area contributed by atoms with Gasteiger partial charge in [-0.15, -0.1) is 0 Å².